The molecule has 7 nitrogen and oxygen atoms in total. The molecule has 3 fully saturated rings. The van der Waals surface area contributed by atoms with Crippen LogP contribution in [0.3, 0.4) is 0 Å². The number of halogens is 2. The number of carbonyl (C=O) groups is 3. The van der Waals surface area contributed by atoms with Crippen molar-refractivity contribution in [3.8, 4) is 0 Å². The highest BCUT2D eigenvalue weighted by molar-refractivity contribution is 6.01. The summed E-state index contributed by atoms with van der Waals surface area (Å²) in [4.78, 5) is 37.2. The Kier molecular flexibility index (Phi) is 5.41. The number of Topliss-reactive ketones (excluding diaryl/α,β-unsaturated/α-hetero) is 1. The van der Waals surface area contributed by atoms with Gasteiger partial charge in [0.15, 0.2) is 17.1 Å². The monoisotopic (exact) mass is 468 g/mol. The first kappa shape index (κ1) is 24.0. The number of aliphatic hydroxyl groups is 2. The summed E-state index contributed by atoms with van der Waals surface area (Å²) in [7, 11) is 1.08. The van der Waals surface area contributed by atoms with Crippen molar-refractivity contribution >= 4 is 17.7 Å². The summed E-state index contributed by atoms with van der Waals surface area (Å²) >= 11 is 0. The zero-order valence-corrected chi connectivity index (χ0v) is 19.1. The van der Waals surface area contributed by atoms with E-state index in [0.717, 1.165) is 13.2 Å². The Labute approximate surface area is 190 Å². The molecule has 33 heavy (non-hydrogen) atoms. The van der Waals surface area contributed by atoms with Gasteiger partial charge in [0.05, 0.1) is 13.2 Å². The number of ether oxygens (including phenoxy) is 2. The number of ketones is 2. The summed E-state index contributed by atoms with van der Waals surface area (Å²) in [5.41, 5.74) is -7.02. The Balaban J connectivity index is 1.88. The van der Waals surface area contributed by atoms with Gasteiger partial charge in [-0.15, -0.1) is 0 Å². The Hall–Kier alpha value is -2.13. The number of carbonyl (C=O) groups excluding carboxylic acids is 3. The molecule has 0 amide bonds. The van der Waals surface area contributed by atoms with Crippen molar-refractivity contribution in [2.24, 2.45) is 28.6 Å². The van der Waals surface area contributed by atoms with Crippen LogP contribution in [0, 0.1) is 28.6 Å². The molecule has 4 rings (SSSR count). The number of fused-ring (bicyclic) bond motifs is 5. The van der Waals surface area contributed by atoms with Crippen LogP contribution in [-0.4, -0.2) is 65.2 Å². The van der Waals surface area contributed by atoms with Crippen LogP contribution >= 0.6 is 0 Å². The van der Waals surface area contributed by atoms with E-state index >= 15 is 8.78 Å². The zero-order chi connectivity index (χ0) is 24.6. The van der Waals surface area contributed by atoms with E-state index in [4.69, 9.17) is 4.74 Å². The van der Waals surface area contributed by atoms with Gasteiger partial charge in [0.25, 0.3) is 0 Å². The van der Waals surface area contributed by atoms with Gasteiger partial charge in [-0.25, -0.2) is 13.6 Å². The van der Waals surface area contributed by atoms with Gasteiger partial charge in [-0.3, -0.25) is 9.59 Å². The van der Waals surface area contributed by atoms with Gasteiger partial charge in [-0.05, 0) is 49.8 Å². The minimum absolute atomic E-state index is 0.00552. The quantitative estimate of drug-likeness (QED) is 0.613. The predicted octanol–water partition coefficient (Wildman–Crippen LogP) is 2.63. The van der Waals surface area contributed by atoms with Gasteiger partial charge in [-0.2, -0.15) is 0 Å². The molecular formula is C24H30F2O7. The fourth-order valence-corrected chi connectivity index (χ4v) is 7.68. The largest absolute Gasteiger partial charge is 0.509 e. The molecule has 9 atom stereocenters. The normalized spacial score (nSPS) is 48.3. The first-order valence-corrected chi connectivity index (χ1v) is 11.2. The highest BCUT2D eigenvalue weighted by Crippen LogP contribution is 2.71. The number of aliphatic hydroxyl groups excluding tert-OH is 2. The molecule has 0 radical (unpaired) electrons. The van der Waals surface area contributed by atoms with Crippen molar-refractivity contribution < 1.29 is 42.9 Å². The second-order valence-electron chi connectivity index (χ2n) is 10.4. The lowest BCUT2D eigenvalue weighted by molar-refractivity contribution is -0.225. The van der Waals surface area contributed by atoms with Crippen molar-refractivity contribution in [1.82, 2.24) is 0 Å². The second kappa shape index (κ2) is 7.43. The third-order valence-corrected chi connectivity index (χ3v) is 9.14. The molecule has 0 unspecified atom stereocenters. The van der Waals surface area contributed by atoms with Crippen molar-refractivity contribution in [3.05, 3.63) is 23.8 Å². The number of methoxy groups -OCH3 is 1. The first-order valence-electron chi connectivity index (χ1n) is 11.2. The zero-order valence-electron chi connectivity index (χ0n) is 19.1. The molecule has 0 bridgehead atoms. The van der Waals surface area contributed by atoms with Gasteiger partial charge < -0.3 is 19.7 Å². The Morgan fingerprint density at radius 2 is 1.91 bits per heavy atom. The van der Waals surface area contributed by atoms with Crippen LogP contribution in [0.25, 0.3) is 0 Å². The minimum atomic E-state index is -2.31. The van der Waals surface area contributed by atoms with Crippen molar-refractivity contribution in [1.29, 1.82) is 0 Å². The summed E-state index contributed by atoms with van der Waals surface area (Å²) in [6, 6.07) is 0. The van der Waals surface area contributed by atoms with Crippen LogP contribution in [0.1, 0.15) is 40.0 Å². The van der Waals surface area contributed by atoms with Crippen LogP contribution < -0.4 is 0 Å². The third kappa shape index (κ3) is 2.75. The number of alkyl halides is 2. The molecular weight excluding hydrogens is 438 g/mol. The lowest BCUT2D eigenvalue weighted by atomic mass is 9.44. The fraction of sp³-hybridized carbons (Fsp3) is 0.708. The predicted molar refractivity (Wildman–Crippen MR) is 111 cm³/mol. The van der Waals surface area contributed by atoms with Gasteiger partial charge in [0.1, 0.15) is 12.8 Å². The van der Waals surface area contributed by atoms with Crippen molar-refractivity contribution in [2.45, 2.75) is 63.6 Å². The summed E-state index contributed by atoms with van der Waals surface area (Å²) in [5.74, 6) is -3.53. The molecule has 2 N–H and O–H groups in total. The van der Waals surface area contributed by atoms with E-state index in [1.165, 1.54) is 19.1 Å². The van der Waals surface area contributed by atoms with Crippen LogP contribution in [0.4, 0.5) is 13.6 Å². The van der Waals surface area contributed by atoms with Crippen molar-refractivity contribution in [3.63, 3.8) is 0 Å². The molecule has 0 aromatic carbocycles. The maximum atomic E-state index is 17.1. The third-order valence-electron chi connectivity index (χ3n) is 9.14. The van der Waals surface area contributed by atoms with Crippen LogP contribution in [-0.2, 0) is 19.1 Å². The lowest BCUT2D eigenvalue weighted by Gasteiger charge is -2.63. The van der Waals surface area contributed by atoms with Gasteiger partial charge in [-0.1, -0.05) is 19.9 Å². The standard InChI is InChI=1S/C24H30F2O7/c1-12-7-14-15-9-17(25)16-8-13(28)5-6-21(16,2)23(15,26)18(29)10-22(14,3)24(12,19(30)11-27)33-20(31)32-4/h5-6,8,12,14-15,17-18,27,29H,7,9-11H2,1-4H3/t12-,14+,15+,17+,18+,21+,22+,23+,24+/m1/s1. The van der Waals surface area contributed by atoms with Crippen LogP contribution in [0.15, 0.2) is 23.8 Å². The molecule has 3 saturated carbocycles. The molecule has 4 aliphatic rings. The second-order valence-corrected chi connectivity index (χ2v) is 10.4. The van der Waals surface area contributed by atoms with E-state index in [1.54, 1.807) is 13.8 Å². The topological polar surface area (TPSA) is 110 Å². The Morgan fingerprint density at radius 3 is 2.52 bits per heavy atom. The molecule has 0 spiro atoms. The lowest BCUT2D eigenvalue weighted by Crippen LogP contribution is -2.71. The van der Waals surface area contributed by atoms with E-state index in [1.807, 2.05) is 0 Å². The van der Waals surface area contributed by atoms with Crippen LogP contribution in [0.5, 0.6) is 0 Å². The molecule has 0 saturated heterocycles. The Morgan fingerprint density at radius 1 is 1.24 bits per heavy atom. The number of hydrogen-bond donors (Lipinski definition) is 2. The molecule has 0 heterocycles. The molecule has 182 valence electrons. The summed E-state index contributed by atoms with van der Waals surface area (Å²) in [6.07, 6.45) is -1.10. The summed E-state index contributed by atoms with van der Waals surface area (Å²) in [6.45, 7) is 3.85. The fourth-order valence-electron chi connectivity index (χ4n) is 7.68. The van der Waals surface area contributed by atoms with Gasteiger partial charge in [0.2, 0.25) is 5.78 Å². The molecule has 4 aliphatic carbocycles. The SMILES string of the molecule is COC(=O)O[C@]1(C(=O)CO)[C@H](C)C[C@H]2[C@@H]3C[C@H](F)C4=CC(=O)C=C[C@]4(C)[C@@]3(F)[C@@H](O)C[C@@]21C. The maximum Gasteiger partial charge on any atom is 0.509 e. The van der Waals surface area contributed by atoms with Gasteiger partial charge >= 0.3 is 6.16 Å². The number of allylic oxidation sites excluding steroid dienone is 4. The van der Waals surface area contributed by atoms with E-state index in [2.05, 4.69) is 4.74 Å². The first-order chi connectivity index (χ1) is 15.3. The Bertz CT molecular complexity index is 962. The van der Waals surface area contributed by atoms with Crippen molar-refractivity contribution in [2.75, 3.05) is 13.7 Å². The van der Waals surface area contributed by atoms with E-state index in [9.17, 15) is 24.6 Å². The van der Waals surface area contributed by atoms with E-state index in [-0.39, 0.29) is 24.8 Å². The van der Waals surface area contributed by atoms with E-state index < -0.39 is 76.5 Å². The molecule has 0 aromatic rings. The van der Waals surface area contributed by atoms with Crippen LogP contribution in [0.2, 0.25) is 0 Å². The smallest absolute Gasteiger partial charge is 0.438 e. The number of rotatable bonds is 3. The molecule has 0 aromatic heterocycles. The highest BCUT2D eigenvalue weighted by atomic mass is 19.1. The molecule has 9 heteroatoms. The summed E-state index contributed by atoms with van der Waals surface area (Å²) < 4.78 is 42.8. The highest BCUT2D eigenvalue weighted by Gasteiger charge is 2.78. The summed E-state index contributed by atoms with van der Waals surface area (Å²) in [5, 5.41) is 21.1. The average molecular weight is 468 g/mol. The minimum Gasteiger partial charge on any atom is -0.438 e. The van der Waals surface area contributed by atoms with Gasteiger partial charge in [0, 0.05) is 22.7 Å². The average Bonchev–Trinajstić information content (AvgIpc) is 2.98. The van der Waals surface area contributed by atoms with E-state index in [0.29, 0.717) is 0 Å². The number of hydrogen-bond acceptors (Lipinski definition) is 7. The maximum absolute atomic E-state index is 17.1. The molecule has 0 aliphatic heterocycles.